The van der Waals surface area contributed by atoms with E-state index >= 15 is 0 Å². The molecule has 0 aliphatic carbocycles. The van der Waals surface area contributed by atoms with Crippen LogP contribution >= 0.6 is 11.6 Å². The third-order valence-electron chi connectivity index (χ3n) is 4.55. The van der Waals surface area contributed by atoms with Gasteiger partial charge in [0.25, 0.3) is 5.91 Å². The lowest BCUT2D eigenvalue weighted by Crippen LogP contribution is -2.50. The first-order valence-electron chi connectivity index (χ1n) is 9.71. The van der Waals surface area contributed by atoms with Gasteiger partial charge in [0.1, 0.15) is 11.8 Å². The fourth-order valence-corrected chi connectivity index (χ4v) is 3.08. The molecule has 0 aliphatic rings. The number of carbonyl (C=O) groups excluding carboxylic acids is 2. The van der Waals surface area contributed by atoms with E-state index in [-0.39, 0.29) is 24.5 Å². The van der Waals surface area contributed by atoms with Crippen LogP contribution < -0.4 is 10.1 Å². The molecule has 0 radical (unpaired) electrons. The third-order valence-corrected chi connectivity index (χ3v) is 4.80. The summed E-state index contributed by atoms with van der Waals surface area (Å²) in [5.41, 5.74) is 2.98. The van der Waals surface area contributed by atoms with Crippen molar-refractivity contribution in [2.45, 2.75) is 53.2 Å². The zero-order chi connectivity index (χ0) is 21.6. The van der Waals surface area contributed by atoms with Gasteiger partial charge in [0.15, 0.2) is 6.61 Å². The van der Waals surface area contributed by atoms with Crippen LogP contribution in [0.3, 0.4) is 0 Å². The first kappa shape index (κ1) is 22.8. The van der Waals surface area contributed by atoms with Crippen LogP contribution in [0.25, 0.3) is 0 Å². The summed E-state index contributed by atoms with van der Waals surface area (Å²) < 4.78 is 5.76. The number of rotatable bonds is 8. The molecule has 2 rings (SSSR count). The molecule has 0 saturated heterocycles. The van der Waals surface area contributed by atoms with Crippen LogP contribution in [0.2, 0.25) is 5.02 Å². The molecule has 0 fully saturated rings. The van der Waals surface area contributed by atoms with E-state index in [1.165, 1.54) is 4.90 Å². The Morgan fingerprint density at radius 1 is 1.07 bits per heavy atom. The van der Waals surface area contributed by atoms with Crippen LogP contribution in [-0.2, 0) is 16.1 Å². The zero-order valence-corrected chi connectivity index (χ0v) is 18.4. The monoisotopic (exact) mass is 416 g/mol. The molecule has 1 N–H and O–H groups in total. The number of nitrogens with one attached hydrogen (secondary N) is 1. The number of nitrogens with zero attached hydrogens (tertiary/aromatic N) is 1. The molecule has 0 bridgehead atoms. The number of hydrogen-bond donors (Lipinski definition) is 1. The van der Waals surface area contributed by atoms with Crippen LogP contribution in [0.4, 0.5) is 0 Å². The Bertz CT molecular complexity index is 850. The number of hydrogen-bond acceptors (Lipinski definition) is 3. The average Bonchev–Trinajstić information content (AvgIpc) is 2.65. The number of halogens is 1. The van der Waals surface area contributed by atoms with Gasteiger partial charge in [0.05, 0.1) is 0 Å². The minimum atomic E-state index is -0.636. The standard InChI is InChI=1S/C23H29ClN2O3/c1-15(2)25-23(28)18(5)26(13-19-7-9-20(24)10-8-19)22(27)14-29-21-11-6-16(3)12-17(21)4/h6-12,15,18H,13-14H2,1-5H3,(H,25,28)/t18-/m0/s1. The van der Waals surface area contributed by atoms with Crippen molar-refractivity contribution < 1.29 is 14.3 Å². The molecule has 0 aromatic heterocycles. The first-order valence-corrected chi connectivity index (χ1v) is 10.1. The highest BCUT2D eigenvalue weighted by molar-refractivity contribution is 6.30. The van der Waals surface area contributed by atoms with Crippen LogP contribution in [0.1, 0.15) is 37.5 Å². The van der Waals surface area contributed by atoms with E-state index in [9.17, 15) is 9.59 Å². The highest BCUT2D eigenvalue weighted by Crippen LogP contribution is 2.19. The van der Waals surface area contributed by atoms with E-state index in [0.29, 0.717) is 17.3 Å². The van der Waals surface area contributed by atoms with Crippen molar-refractivity contribution in [2.24, 2.45) is 0 Å². The van der Waals surface area contributed by atoms with Crippen molar-refractivity contribution in [2.75, 3.05) is 6.61 Å². The fourth-order valence-electron chi connectivity index (χ4n) is 2.96. The largest absolute Gasteiger partial charge is 0.483 e. The van der Waals surface area contributed by atoms with Gasteiger partial charge in [-0.05, 0) is 63.9 Å². The van der Waals surface area contributed by atoms with E-state index in [0.717, 1.165) is 16.7 Å². The lowest BCUT2D eigenvalue weighted by atomic mass is 10.1. The Kier molecular flexibility index (Phi) is 8.09. The summed E-state index contributed by atoms with van der Waals surface area (Å²) >= 11 is 5.96. The number of amides is 2. The summed E-state index contributed by atoms with van der Waals surface area (Å²) in [6.45, 7) is 9.60. The summed E-state index contributed by atoms with van der Waals surface area (Å²) in [6, 6.07) is 12.4. The number of benzene rings is 2. The van der Waals surface area contributed by atoms with E-state index in [2.05, 4.69) is 5.32 Å². The molecular formula is C23H29ClN2O3. The molecule has 2 amide bonds. The quantitative estimate of drug-likeness (QED) is 0.698. The third kappa shape index (κ3) is 6.79. The van der Waals surface area contributed by atoms with Gasteiger partial charge < -0.3 is 15.0 Å². The van der Waals surface area contributed by atoms with E-state index in [1.54, 1.807) is 19.1 Å². The lowest BCUT2D eigenvalue weighted by Gasteiger charge is -2.29. The van der Waals surface area contributed by atoms with Gasteiger partial charge in [-0.2, -0.15) is 0 Å². The molecule has 0 spiro atoms. The molecule has 156 valence electrons. The summed E-state index contributed by atoms with van der Waals surface area (Å²) in [5, 5.41) is 3.49. The molecule has 1 atom stereocenters. The topological polar surface area (TPSA) is 58.6 Å². The number of carbonyl (C=O) groups is 2. The zero-order valence-electron chi connectivity index (χ0n) is 17.7. The lowest BCUT2D eigenvalue weighted by molar-refractivity contribution is -0.142. The summed E-state index contributed by atoms with van der Waals surface area (Å²) in [4.78, 5) is 27.1. The molecule has 2 aromatic rings. The van der Waals surface area contributed by atoms with E-state index in [1.807, 2.05) is 58.0 Å². The van der Waals surface area contributed by atoms with Gasteiger partial charge in [0, 0.05) is 17.6 Å². The molecule has 5 nitrogen and oxygen atoms in total. The Balaban J connectivity index is 2.16. The Labute approximate surface area is 178 Å². The van der Waals surface area contributed by atoms with Gasteiger partial charge >= 0.3 is 0 Å². The molecule has 0 unspecified atom stereocenters. The molecular weight excluding hydrogens is 388 g/mol. The van der Waals surface area contributed by atoms with Crippen LogP contribution in [-0.4, -0.2) is 35.4 Å². The van der Waals surface area contributed by atoms with Gasteiger partial charge in [-0.1, -0.05) is 41.4 Å². The SMILES string of the molecule is Cc1ccc(OCC(=O)N(Cc2ccc(Cl)cc2)[C@@H](C)C(=O)NC(C)C)c(C)c1. The Morgan fingerprint density at radius 2 is 1.72 bits per heavy atom. The number of aryl methyl sites for hydroxylation is 2. The number of ether oxygens (including phenoxy) is 1. The van der Waals surface area contributed by atoms with Crippen LogP contribution in [0, 0.1) is 13.8 Å². The predicted octanol–water partition coefficient (Wildman–Crippen LogP) is 4.28. The van der Waals surface area contributed by atoms with Crippen molar-refractivity contribution in [3.05, 3.63) is 64.2 Å². The van der Waals surface area contributed by atoms with Crippen molar-refractivity contribution >= 4 is 23.4 Å². The van der Waals surface area contributed by atoms with Crippen molar-refractivity contribution in [1.82, 2.24) is 10.2 Å². The van der Waals surface area contributed by atoms with Crippen molar-refractivity contribution in [3.8, 4) is 5.75 Å². The second kappa shape index (κ2) is 10.3. The second-order valence-corrected chi connectivity index (χ2v) is 7.98. The van der Waals surface area contributed by atoms with Crippen LogP contribution in [0.15, 0.2) is 42.5 Å². The van der Waals surface area contributed by atoms with E-state index < -0.39 is 6.04 Å². The van der Waals surface area contributed by atoms with Gasteiger partial charge in [0.2, 0.25) is 5.91 Å². The van der Waals surface area contributed by atoms with Gasteiger partial charge in [-0.15, -0.1) is 0 Å². The normalized spacial score (nSPS) is 11.8. The summed E-state index contributed by atoms with van der Waals surface area (Å²) in [5.74, 6) is 0.204. The maximum Gasteiger partial charge on any atom is 0.261 e. The highest BCUT2D eigenvalue weighted by atomic mass is 35.5. The van der Waals surface area contributed by atoms with Gasteiger partial charge in [-0.25, -0.2) is 0 Å². The molecule has 6 heteroatoms. The molecule has 29 heavy (non-hydrogen) atoms. The minimum absolute atomic E-state index is 0.0103. The second-order valence-electron chi connectivity index (χ2n) is 7.54. The minimum Gasteiger partial charge on any atom is -0.483 e. The smallest absolute Gasteiger partial charge is 0.261 e. The Morgan fingerprint density at radius 3 is 2.31 bits per heavy atom. The fraction of sp³-hybridized carbons (Fsp3) is 0.391. The first-order chi connectivity index (χ1) is 13.7. The van der Waals surface area contributed by atoms with E-state index in [4.69, 9.17) is 16.3 Å². The molecule has 2 aromatic carbocycles. The summed E-state index contributed by atoms with van der Waals surface area (Å²) in [7, 11) is 0. The van der Waals surface area contributed by atoms with Gasteiger partial charge in [-0.3, -0.25) is 9.59 Å². The predicted molar refractivity (Wildman–Crippen MR) is 116 cm³/mol. The maximum absolute atomic E-state index is 13.0. The van der Waals surface area contributed by atoms with Crippen LogP contribution in [0.5, 0.6) is 5.75 Å². The molecule has 0 heterocycles. The van der Waals surface area contributed by atoms with Crippen molar-refractivity contribution in [1.29, 1.82) is 0 Å². The average molecular weight is 417 g/mol. The molecule has 0 saturated carbocycles. The van der Waals surface area contributed by atoms with Crippen molar-refractivity contribution in [3.63, 3.8) is 0 Å². The summed E-state index contributed by atoms with van der Waals surface area (Å²) in [6.07, 6.45) is 0. The highest BCUT2D eigenvalue weighted by Gasteiger charge is 2.27. The maximum atomic E-state index is 13.0. The Hall–Kier alpha value is -2.53. The molecule has 0 aliphatic heterocycles.